The Balaban J connectivity index is 1.53. The van der Waals surface area contributed by atoms with Gasteiger partial charge in [0.2, 0.25) is 10.0 Å². The predicted octanol–water partition coefficient (Wildman–Crippen LogP) is 3.29. The molecule has 156 valence electrons. The first kappa shape index (κ1) is 21.8. The number of ether oxygens (including phenoxy) is 1. The van der Waals surface area contributed by atoms with Crippen LogP contribution in [0.5, 0.6) is 5.75 Å². The van der Waals surface area contributed by atoms with Gasteiger partial charge in [0.15, 0.2) is 0 Å². The molecule has 0 radical (unpaired) electrons. The Bertz CT molecular complexity index is 995. The Morgan fingerprint density at radius 1 is 1.07 bits per heavy atom. The first-order chi connectivity index (χ1) is 13.8. The standard InChI is InChI=1S/C18H19Cl2N3O5S/c19-14-4-5-18(17(20)12-14)28-11-10-21-6-8-22(9-7-21)29(26,27)16-3-1-2-15(13-16)23(24)25/h1-5,12-13H,6-11H2. The molecule has 29 heavy (non-hydrogen) atoms. The van der Waals surface area contributed by atoms with E-state index in [0.717, 1.165) is 6.07 Å². The summed E-state index contributed by atoms with van der Waals surface area (Å²) >= 11 is 11.9. The molecular weight excluding hydrogens is 441 g/mol. The third kappa shape index (κ3) is 5.37. The average Bonchev–Trinajstić information content (AvgIpc) is 2.70. The van der Waals surface area contributed by atoms with Crippen LogP contribution in [0.25, 0.3) is 0 Å². The van der Waals surface area contributed by atoms with E-state index in [1.807, 2.05) is 0 Å². The molecule has 0 atom stereocenters. The number of sulfonamides is 1. The van der Waals surface area contributed by atoms with Crippen molar-refractivity contribution in [3.05, 3.63) is 62.6 Å². The van der Waals surface area contributed by atoms with Gasteiger partial charge in [-0.2, -0.15) is 4.31 Å². The van der Waals surface area contributed by atoms with E-state index < -0.39 is 14.9 Å². The summed E-state index contributed by atoms with van der Waals surface area (Å²) in [7, 11) is -3.77. The van der Waals surface area contributed by atoms with Crippen LogP contribution in [-0.4, -0.2) is 61.9 Å². The van der Waals surface area contributed by atoms with Crippen LogP contribution >= 0.6 is 23.2 Å². The fourth-order valence-corrected chi connectivity index (χ4v) is 4.90. The fraction of sp³-hybridized carbons (Fsp3) is 0.333. The second kappa shape index (κ2) is 9.27. The quantitative estimate of drug-likeness (QED) is 0.465. The molecule has 1 saturated heterocycles. The van der Waals surface area contributed by atoms with Gasteiger partial charge in [-0.25, -0.2) is 8.42 Å². The smallest absolute Gasteiger partial charge is 0.270 e. The molecule has 0 N–H and O–H groups in total. The Morgan fingerprint density at radius 3 is 2.45 bits per heavy atom. The number of halogens is 2. The molecule has 0 bridgehead atoms. The maximum absolute atomic E-state index is 12.8. The van der Waals surface area contributed by atoms with E-state index in [9.17, 15) is 18.5 Å². The summed E-state index contributed by atoms with van der Waals surface area (Å²) in [5, 5.41) is 11.9. The van der Waals surface area contributed by atoms with Gasteiger partial charge in [0.05, 0.1) is 14.8 Å². The molecule has 1 aliphatic heterocycles. The van der Waals surface area contributed by atoms with E-state index in [2.05, 4.69) is 4.90 Å². The normalized spacial score (nSPS) is 15.9. The highest BCUT2D eigenvalue weighted by atomic mass is 35.5. The molecular formula is C18H19Cl2N3O5S. The molecule has 2 aromatic rings. The van der Waals surface area contributed by atoms with Gasteiger partial charge >= 0.3 is 0 Å². The molecule has 0 unspecified atom stereocenters. The van der Waals surface area contributed by atoms with Crippen molar-refractivity contribution in [2.24, 2.45) is 0 Å². The number of rotatable bonds is 7. The molecule has 0 saturated carbocycles. The van der Waals surface area contributed by atoms with Gasteiger partial charge in [-0.1, -0.05) is 29.3 Å². The van der Waals surface area contributed by atoms with Gasteiger partial charge in [0.1, 0.15) is 12.4 Å². The van der Waals surface area contributed by atoms with E-state index in [1.54, 1.807) is 18.2 Å². The molecule has 0 spiro atoms. The summed E-state index contributed by atoms with van der Waals surface area (Å²) in [6, 6.07) is 10.1. The van der Waals surface area contributed by atoms with Crippen LogP contribution in [0.1, 0.15) is 0 Å². The lowest BCUT2D eigenvalue weighted by Crippen LogP contribution is -2.49. The van der Waals surface area contributed by atoms with Crippen molar-refractivity contribution in [3.63, 3.8) is 0 Å². The predicted molar refractivity (Wildman–Crippen MR) is 110 cm³/mol. The molecule has 0 aliphatic carbocycles. The second-order valence-corrected chi connectivity index (χ2v) is 9.20. The maximum Gasteiger partial charge on any atom is 0.270 e. The number of nitrogens with zero attached hydrogens (tertiary/aromatic N) is 3. The largest absolute Gasteiger partial charge is 0.491 e. The molecule has 3 rings (SSSR count). The summed E-state index contributed by atoms with van der Waals surface area (Å²) in [4.78, 5) is 12.3. The Hall–Kier alpha value is -1.91. The lowest BCUT2D eigenvalue weighted by Gasteiger charge is -2.33. The zero-order valence-electron chi connectivity index (χ0n) is 15.3. The van der Waals surface area contributed by atoms with Crippen LogP contribution in [-0.2, 0) is 10.0 Å². The van der Waals surface area contributed by atoms with E-state index in [1.165, 1.54) is 22.5 Å². The van der Waals surface area contributed by atoms with E-state index >= 15 is 0 Å². The van der Waals surface area contributed by atoms with Gasteiger partial charge in [-0.3, -0.25) is 15.0 Å². The second-order valence-electron chi connectivity index (χ2n) is 6.42. The Kier molecular flexibility index (Phi) is 6.97. The fourth-order valence-electron chi connectivity index (χ4n) is 2.98. The van der Waals surface area contributed by atoms with Gasteiger partial charge in [0.25, 0.3) is 5.69 Å². The molecule has 11 heteroatoms. The molecule has 2 aromatic carbocycles. The van der Waals surface area contributed by atoms with Crippen LogP contribution in [0.4, 0.5) is 5.69 Å². The number of nitro benzene ring substituents is 1. The molecule has 0 amide bonds. The Labute approximate surface area is 178 Å². The maximum atomic E-state index is 12.8. The van der Waals surface area contributed by atoms with Crippen LogP contribution in [0.2, 0.25) is 10.0 Å². The van der Waals surface area contributed by atoms with Crippen molar-refractivity contribution in [3.8, 4) is 5.75 Å². The van der Waals surface area contributed by atoms with E-state index in [0.29, 0.717) is 55.1 Å². The monoisotopic (exact) mass is 459 g/mol. The third-order valence-electron chi connectivity index (χ3n) is 4.56. The van der Waals surface area contributed by atoms with Crippen LogP contribution < -0.4 is 4.74 Å². The lowest BCUT2D eigenvalue weighted by molar-refractivity contribution is -0.385. The highest BCUT2D eigenvalue weighted by Crippen LogP contribution is 2.27. The molecule has 8 nitrogen and oxygen atoms in total. The Morgan fingerprint density at radius 2 is 1.79 bits per heavy atom. The number of hydrogen-bond acceptors (Lipinski definition) is 6. The van der Waals surface area contributed by atoms with Crippen LogP contribution in [0, 0.1) is 10.1 Å². The first-order valence-electron chi connectivity index (χ1n) is 8.82. The van der Waals surface area contributed by atoms with Gasteiger partial charge < -0.3 is 4.74 Å². The van der Waals surface area contributed by atoms with Gasteiger partial charge in [-0.15, -0.1) is 0 Å². The number of nitro groups is 1. The molecule has 1 aliphatic rings. The SMILES string of the molecule is O=[N+]([O-])c1cccc(S(=O)(=O)N2CCN(CCOc3ccc(Cl)cc3Cl)CC2)c1. The summed E-state index contributed by atoms with van der Waals surface area (Å²) in [5.74, 6) is 0.544. The van der Waals surface area contributed by atoms with Gasteiger partial charge in [0, 0.05) is 49.9 Å². The number of hydrogen-bond donors (Lipinski definition) is 0. The number of piperazine rings is 1. The summed E-state index contributed by atoms with van der Waals surface area (Å²) in [6.45, 7) is 2.68. The van der Waals surface area contributed by atoms with E-state index in [4.69, 9.17) is 27.9 Å². The average molecular weight is 460 g/mol. The van der Waals surface area contributed by atoms with E-state index in [-0.39, 0.29) is 10.6 Å². The number of non-ortho nitro benzene ring substituents is 1. The lowest BCUT2D eigenvalue weighted by atomic mass is 10.3. The highest BCUT2D eigenvalue weighted by molar-refractivity contribution is 7.89. The van der Waals surface area contributed by atoms with Gasteiger partial charge in [-0.05, 0) is 24.3 Å². The van der Waals surface area contributed by atoms with Crippen LogP contribution in [0.15, 0.2) is 47.4 Å². The minimum atomic E-state index is -3.77. The first-order valence-corrected chi connectivity index (χ1v) is 11.0. The summed E-state index contributed by atoms with van der Waals surface area (Å²) in [6.07, 6.45) is 0. The van der Waals surface area contributed by atoms with Crippen molar-refractivity contribution in [1.29, 1.82) is 0 Å². The zero-order chi connectivity index (χ0) is 21.0. The number of benzene rings is 2. The van der Waals surface area contributed by atoms with Crippen molar-refractivity contribution < 1.29 is 18.1 Å². The minimum Gasteiger partial charge on any atom is -0.491 e. The molecule has 0 aromatic heterocycles. The highest BCUT2D eigenvalue weighted by Gasteiger charge is 2.29. The van der Waals surface area contributed by atoms with Crippen LogP contribution in [0.3, 0.4) is 0 Å². The van der Waals surface area contributed by atoms with Crippen molar-refractivity contribution in [2.45, 2.75) is 4.90 Å². The van der Waals surface area contributed by atoms with Crippen molar-refractivity contribution in [1.82, 2.24) is 9.21 Å². The van der Waals surface area contributed by atoms with Crippen molar-refractivity contribution in [2.75, 3.05) is 39.3 Å². The zero-order valence-corrected chi connectivity index (χ0v) is 17.7. The topological polar surface area (TPSA) is 93.0 Å². The molecule has 1 heterocycles. The minimum absolute atomic E-state index is 0.0686. The third-order valence-corrected chi connectivity index (χ3v) is 6.98. The van der Waals surface area contributed by atoms with Crippen molar-refractivity contribution >= 4 is 38.9 Å². The summed E-state index contributed by atoms with van der Waals surface area (Å²) in [5.41, 5.74) is -0.247. The molecule has 1 fully saturated rings. The summed E-state index contributed by atoms with van der Waals surface area (Å²) < 4.78 is 32.5.